The molecule has 28 heavy (non-hydrogen) atoms. The molecule has 1 aliphatic rings. The lowest BCUT2D eigenvalue weighted by molar-refractivity contribution is 0.0218. The average molecular weight is 405 g/mol. The van der Waals surface area contributed by atoms with Crippen LogP contribution >= 0.6 is 11.3 Å². The van der Waals surface area contributed by atoms with E-state index < -0.39 is 5.60 Å². The Balaban J connectivity index is 1.65. The van der Waals surface area contributed by atoms with Gasteiger partial charge in [0, 0.05) is 31.2 Å². The molecule has 152 valence electrons. The molecule has 0 aliphatic carbocycles. The predicted molar refractivity (Wildman–Crippen MR) is 111 cm³/mol. The topological polar surface area (TPSA) is 67.8 Å². The number of hydrogen-bond acceptors (Lipinski definition) is 7. The van der Waals surface area contributed by atoms with Gasteiger partial charge >= 0.3 is 6.09 Å². The highest BCUT2D eigenvalue weighted by Gasteiger charge is 2.31. The van der Waals surface area contributed by atoms with Crippen LogP contribution in [0.4, 0.5) is 9.93 Å². The van der Waals surface area contributed by atoms with Crippen LogP contribution in [0.25, 0.3) is 10.6 Å². The summed E-state index contributed by atoms with van der Waals surface area (Å²) in [4.78, 5) is 16.3. The molecule has 2 heterocycles. The monoisotopic (exact) mass is 404 g/mol. The smallest absolute Gasteiger partial charge is 0.410 e. The first kappa shape index (κ1) is 20.4. The van der Waals surface area contributed by atoms with Gasteiger partial charge in [-0.1, -0.05) is 11.3 Å². The molecule has 0 saturated carbocycles. The maximum atomic E-state index is 12.3. The van der Waals surface area contributed by atoms with Crippen LogP contribution in [0.5, 0.6) is 5.75 Å². The number of ether oxygens (including phenoxy) is 2. The summed E-state index contributed by atoms with van der Waals surface area (Å²) in [6.45, 7) is 12.3. The Bertz CT molecular complexity index is 801. The van der Waals surface area contributed by atoms with Crippen molar-refractivity contribution in [3.63, 3.8) is 0 Å². The minimum absolute atomic E-state index is 0.141. The van der Waals surface area contributed by atoms with E-state index in [2.05, 4.69) is 22.0 Å². The van der Waals surface area contributed by atoms with Crippen molar-refractivity contribution in [1.82, 2.24) is 15.1 Å². The largest absolute Gasteiger partial charge is 0.494 e. The Morgan fingerprint density at radius 2 is 1.93 bits per heavy atom. The molecule has 0 N–H and O–H groups in total. The lowest BCUT2D eigenvalue weighted by Crippen LogP contribution is -2.54. The van der Waals surface area contributed by atoms with Gasteiger partial charge in [0.25, 0.3) is 0 Å². The van der Waals surface area contributed by atoms with Gasteiger partial charge in [-0.25, -0.2) is 4.79 Å². The summed E-state index contributed by atoms with van der Waals surface area (Å²) in [5, 5.41) is 10.5. The molecule has 0 radical (unpaired) electrons. The van der Waals surface area contributed by atoms with Crippen LogP contribution in [-0.2, 0) is 4.74 Å². The maximum Gasteiger partial charge on any atom is 0.410 e. The third kappa shape index (κ3) is 4.92. The average Bonchev–Trinajstić information content (AvgIpc) is 3.11. The normalized spacial score (nSPS) is 17.5. The molecule has 1 aromatic carbocycles. The number of nitrogens with zero attached hydrogens (tertiary/aromatic N) is 4. The summed E-state index contributed by atoms with van der Waals surface area (Å²) in [6, 6.07) is 8.03. The number of aromatic nitrogens is 2. The Morgan fingerprint density at radius 1 is 1.21 bits per heavy atom. The van der Waals surface area contributed by atoms with E-state index in [-0.39, 0.29) is 12.1 Å². The van der Waals surface area contributed by atoms with Crippen LogP contribution in [0.15, 0.2) is 24.3 Å². The Morgan fingerprint density at radius 3 is 2.54 bits per heavy atom. The van der Waals surface area contributed by atoms with E-state index in [1.807, 2.05) is 52.0 Å². The summed E-state index contributed by atoms with van der Waals surface area (Å²) in [5.41, 5.74) is 0.538. The Kier molecular flexibility index (Phi) is 6.07. The number of carbonyl (C=O) groups excluding carboxylic acids is 1. The molecule has 0 spiro atoms. The summed E-state index contributed by atoms with van der Waals surface area (Å²) in [5.74, 6) is 0.850. The Labute approximate surface area is 170 Å². The molecule has 8 heteroatoms. The first-order valence-electron chi connectivity index (χ1n) is 9.58. The molecule has 1 saturated heterocycles. The van der Waals surface area contributed by atoms with E-state index >= 15 is 0 Å². The molecular formula is C20H28N4O3S. The second-order valence-electron chi connectivity index (χ2n) is 7.82. The summed E-state index contributed by atoms with van der Waals surface area (Å²) in [6.07, 6.45) is -0.258. The fraction of sp³-hybridized carbons (Fsp3) is 0.550. The second kappa shape index (κ2) is 8.34. The van der Waals surface area contributed by atoms with Gasteiger partial charge in [0.15, 0.2) is 0 Å². The van der Waals surface area contributed by atoms with Crippen LogP contribution < -0.4 is 9.64 Å². The van der Waals surface area contributed by atoms with Gasteiger partial charge in [-0.15, -0.1) is 10.2 Å². The van der Waals surface area contributed by atoms with Gasteiger partial charge < -0.3 is 19.3 Å². The maximum absolute atomic E-state index is 12.3. The van der Waals surface area contributed by atoms with Gasteiger partial charge in [0.2, 0.25) is 5.13 Å². The number of carbonyl (C=O) groups is 1. The first-order chi connectivity index (χ1) is 13.3. The van der Waals surface area contributed by atoms with Crippen LogP contribution in [0, 0.1) is 0 Å². The van der Waals surface area contributed by atoms with Crippen molar-refractivity contribution in [2.75, 3.05) is 31.1 Å². The molecule has 1 aliphatic heterocycles. The third-order valence-electron chi connectivity index (χ3n) is 4.35. The van der Waals surface area contributed by atoms with Crippen molar-refractivity contribution in [1.29, 1.82) is 0 Å². The Hall–Kier alpha value is -2.35. The van der Waals surface area contributed by atoms with Crippen LogP contribution in [0.1, 0.15) is 34.6 Å². The first-order valence-corrected chi connectivity index (χ1v) is 10.4. The van der Waals surface area contributed by atoms with E-state index in [0.717, 1.165) is 21.5 Å². The van der Waals surface area contributed by atoms with Crippen molar-refractivity contribution in [2.45, 2.75) is 46.3 Å². The highest BCUT2D eigenvalue weighted by Crippen LogP contribution is 2.31. The molecule has 3 rings (SSSR count). The van der Waals surface area contributed by atoms with Gasteiger partial charge in [0.1, 0.15) is 16.4 Å². The molecule has 1 atom stereocenters. The zero-order valence-corrected chi connectivity index (χ0v) is 18.0. The van der Waals surface area contributed by atoms with E-state index in [9.17, 15) is 4.79 Å². The highest BCUT2D eigenvalue weighted by atomic mass is 32.1. The molecule has 1 amide bonds. The van der Waals surface area contributed by atoms with E-state index in [1.54, 1.807) is 16.2 Å². The molecule has 0 bridgehead atoms. The van der Waals surface area contributed by atoms with Crippen LogP contribution in [-0.4, -0.2) is 59.1 Å². The van der Waals surface area contributed by atoms with E-state index in [1.165, 1.54) is 0 Å². The number of piperazine rings is 1. The van der Waals surface area contributed by atoms with Crippen molar-refractivity contribution >= 4 is 22.6 Å². The molecule has 1 aromatic heterocycles. The number of anilines is 1. The van der Waals surface area contributed by atoms with Crippen molar-refractivity contribution in [2.24, 2.45) is 0 Å². The summed E-state index contributed by atoms with van der Waals surface area (Å²) < 4.78 is 11.0. The van der Waals surface area contributed by atoms with Crippen molar-refractivity contribution in [3.8, 4) is 16.3 Å². The molecule has 7 nitrogen and oxygen atoms in total. The minimum Gasteiger partial charge on any atom is -0.494 e. The fourth-order valence-corrected chi connectivity index (χ4v) is 4.02. The minimum atomic E-state index is -0.483. The molecular weight excluding hydrogens is 376 g/mol. The van der Waals surface area contributed by atoms with Gasteiger partial charge in [0.05, 0.1) is 6.61 Å². The summed E-state index contributed by atoms with van der Waals surface area (Å²) in [7, 11) is 0. The van der Waals surface area contributed by atoms with Gasteiger partial charge in [-0.2, -0.15) is 0 Å². The number of rotatable bonds is 4. The van der Waals surface area contributed by atoms with Crippen molar-refractivity contribution in [3.05, 3.63) is 24.3 Å². The lowest BCUT2D eigenvalue weighted by atomic mass is 10.2. The third-order valence-corrected chi connectivity index (χ3v) is 5.36. The molecule has 1 fully saturated rings. The number of hydrogen-bond donors (Lipinski definition) is 0. The fourth-order valence-electron chi connectivity index (χ4n) is 3.04. The summed E-state index contributed by atoms with van der Waals surface area (Å²) >= 11 is 1.56. The highest BCUT2D eigenvalue weighted by molar-refractivity contribution is 7.18. The van der Waals surface area contributed by atoms with E-state index in [0.29, 0.717) is 26.2 Å². The zero-order valence-electron chi connectivity index (χ0n) is 17.1. The SMILES string of the molecule is CCOc1ccc(-c2nnc(N3CCN(C(=O)OC(C)(C)C)C[C@H]3C)s2)cc1. The van der Waals surface area contributed by atoms with Crippen LogP contribution in [0.2, 0.25) is 0 Å². The van der Waals surface area contributed by atoms with E-state index in [4.69, 9.17) is 9.47 Å². The number of benzene rings is 1. The molecule has 0 unspecified atom stereocenters. The number of amides is 1. The second-order valence-corrected chi connectivity index (χ2v) is 8.77. The lowest BCUT2D eigenvalue weighted by Gasteiger charge is -2.39. The van der Waals surface area contributed by atoms with Crippen LogP contribution in [0.3, 0.4) is 0 Å². The van der Waals surface area contributed by atoms with Gasteiger partial charge in [-0.05, 0) is 58.9 Å². The quantitative estimate of drug-likeness (QED) is 0.766. The van der Waals surface area contributed by atoms with Gasteiger partial charge in [-0.3, -0.25) is 0 Å². The predicted octanol–water partition coefficient (Wildman–Crippen LogP) is 4.05. The standard InChI is InChI=1S/C20H28N4O3S/c1-6-26-16-9-7-15(8-10-16)17-21-22-18(28-17)24-12-11-23(13-14(24)2)19(25)27-20(3,4)5/h7-10,14H,6,11-13H2,1-5H3/t14-/m1/s1. The zero-order chi connectivity index (χ0) is 20.3. The molecule has 2 aromatic rings. The van der Waals surface area contributed by atoms with Crippen molar-refractivity contribution < 1.29 is 14.3 Å².